The predicted molar refractivity (Wildman–Crippen MR) is 66.9 cm³/mol. The molecule has 0 bridgehead atoms. The lowest BCUT2D eigenvalue weighted by Gasteiger charge is -2.11. The summed E-state index contributed by atoms with van der Waals surface area (Å²) in [6.45, 7) is 2.72. The van der Waals surface area contributed by atoms with Crippen LogP contribution in [0.15, 0.2) is 18.2 Å². The Morgan fingerprint density at radius 2 is 2.25 bits per heavy atom. The molecule has 2 N–H and O–H groups in total. The van der Waals surface area contributed by atoms with Gasteiger partial charge >= 0.3 is 0 Å². The van der Waals surface area contributed by atoms with Gasteiger partial charge in [0.2, 0.25) is 0 Å². The van der Waals surface area contributed by atoms with Gasteiger partial charge in [0.15, 0.2) is 0 Å². The minimum absolute atomic E-state index is 0.0342. The quantitative estimate of drug-likeness (QED) is 0.853. The van der Waals surface area contributed by atoms with E-state index in [0.717, 1.165) is 30.3 Å². The van der Waals surface area contributed by atoms with Gasteiger partial charge in [-0.1, -0.05) is 30.5 Å². The molecule has 0 radical (unpaired) electrons. The second-order valence-corrected chi connectivity index (χ2v) is 4.96. The fourth-order valence-corrected chi connectivity index (χ4v) is 2.06. The van der Waals surface area contributed by atoms with Gasteiger partial charge in [-0.05, 0) is 37.0 Å². The van der Waals surface area contributed by atoms with Crippen molar-refractivity contribution in [2.45, 2.75) is 32.2 Å². The van der Waals surface area contributed by atoms with Gasteiger partial charge in [-0.2, -0.15) is 0 Å². The smallest absolute Gasteiger partial charge is 0.120 e. The van der Waals surface area contributed by atoms with Gasteiger partial charge in [-0.3, -0.25) is 0 Å². The molecule has 16 heavy (non-hydrogen) atoms. The molecule has 3 heteroatoms. The van der Waals surface area contributed by atoms with Crippen LogP contribution >= 0.6 is 11.6 Å². The Hall–Kier alpha value is -0.730. The maximum atomic E-state index is 6.12. The van der Waals surface area contributed by atoms with E-state index in [-0.39, 0.29) is 6.04 Å². The molecule has 2 rings (SSSR count). The van der Waals surface area contributed by atoms with E-state index in [4.69, 9.17) is 22.1 Å². The zero-order valence-corrected chi connectivity index (χ0v) is 10.3. The van der Waals surface area contributed by atoms with Crippen molar-refractivity contribution in [3.8, 4) is 5.75 Å². The Morgan fingerprint density at radius 1 is 1.50 bits per heavy atom. The highest BCUT2D eigenvalue weighted by molar-refractivity contribution is 6.31. The summed E-state index contributed by atoms with van der Waals surface area (Å²) in [6.07, 6.45) is 3.90. The molecule has 1 saturated carbocycles. The van der Waals surface area contributed by atoms with E-state index in [1.807, 2.05) is 25.1 Å². The zero-order valence-electron chi connectivity index (χ0n) is 9.58. The first kappa shape index (κ1) is 11.7. The topological polar surface area (TPSA) is 35.2 Å². The van der Waals surface area contributed by atoms with Crippen LogP contribution in [-0.4, -0.2) is 6.61 Å². The average Bonchev–Trinajstić information content (AvgIpc) is 3.01. The van der Waals surface area contributed by atoms with Crippen molar-refractivity contribution < 1.29 is 4.74 Å². The van der Waals surface area contributed by atoms with Crippen molar-refractivity contribution in [1.29, 1.82) is 0 Å². The van der Waals surface area contributed by atoms with Gasteiger partial charge in [0, 0.05) is 11.1 Å². The predicted octanol–water partition coefficient (Wildman–Crippen LogP) is 3.54. The summed E-state index contributed by atoms with van der Waals surface area (Å²) < 4.78 is 5.65. The van der Waals surface area contributed by atoms with Crippen LogP contribution < -0.4 is 10.5 Å². The van der Waals surface area contributed by atoms with Crippen molar-refractivity contribution in [3.05, 3.63) is 28.8 Å². The number of benzene rings is 1. The van der Waals surface area contributed by atoms with E-state index >= 15 is 0 Å². The van der Waals surface area contributed by atoms with Crippen molar-refractivity contribution in [1.82, 2.24) is 0 Å². The van der Waals surface area contributed by atoms with E-state index < -0.39 is 0 Å². The van der Waals surface area contributed by atoms with Gasteiger partial charge in [-0.15, -0.1) is 0 Å². The van der Waals surface area contributed by atoms with Crippen molar-refractivity contribution in [2.24, 2.45) is 11.7 Å². The first-order chi connectivity index (χ1) is 7.66. The lowest BCUT2D eigenvalue weighted by atomic mass is 10.1. The molecule has 88 valence electrons. The first-order valence-corrected chi connectivity index (χ1v) is 6.22. The van der Waals surface area contributed by atoms with Crippen molar-refractivity contribution in [2.75, 3.05) is 6.61 Å². The van der Waals surface area contributed by atoms with E-state index in [2.05, 4.69) is 0 Å². The molecule has 0 heterocycles. The average molecular weight is 240 g/mol. The van der Waals surface area contributed by atoms with Gasteiger partial charge in [-0.25, -0.2) is 0 Å². The molecule has 1 aliphatic carbocycles. The molecule has 1 fully saturated rings. The van der Waals surface area contributed by atoms with Crippen molar-refractivity contribution >= 4 is 11.6 Å². The Balaban J connectivity index is 1.91. The van der Waals surface area contributed by atoms with Gasteiger partial charge in [0.05, 0.1) is 6.61 Å². The number of halogens is 1. The minimum Gasteiger partial charge on any atom is -0.494 e. The Morgan fingerprint density at radius 3 is 2.81 bits per heavy atom. The summed E-state index contributed by atoms with van der Waals surface area (Å²) in [7, 11) is 0. The van der Waals surface area contributed by atoms with E-state index in [1.54, 1.807) is 0 Å². The van der Waals surface area contributed by atoms with Gasteiger partial charge in [0.1, 0.15) is 5.75 Å². The van der Waals surface area contributed by atoms with Crippen LogP contribution in [0.25, 0.3) is 0 Å². The zero-order chi connectivity index (χ0) is 11.5. The SMILES string of the molecule is CC(N)c1ccc(OCCC2CC2)cc1Cl. The van der Waals surface area contributed by atoms with Crippen LogP contribution in [0.5, 0.6) is 5.75 Å². The fraction of sp³-hybridized carbons (Fsp3) is 0.538. The standard InChI is InChI=1S/C13H18ClNO/c1-9(15)12-5-4-11(8-13(12)14)16-7-6-10-2-3-10/h4-5,8-10H,2-3,6-7,15H2,1H3. The Labute approximate surface area is 102 Å². The van der Waals surface area contributed by atoms with E-state index in [9.17, 15) is 0 Å². The van der Waals surface area contributed by atoms with Crippen LogP contribution in [0.3, 0.4) is 0 Å². The van der Waals surface area contributed by atoms with Crippen LogP contribution in [0.1, 0.15) is 37.8 Å². The summed E-state index contributed by atoms with van der Waals surface area (Å²) >= 11 is 6.12. The molecule has 0 spiro atoms. The van der Waals surface area contributed by atoms with Gasteiger partial charge < -0.3 is 10.5 Å². The molecule has 0 saturated heterocycles. The third kappa shape index (κ3) is 3.13. The molecule has 1 atom stereocenters. The highest BCUT2D eigenvalue weighted by Gasteiger charge is 2.20. The lowest BCUT2D eigenvalue weighted by Crippen LogP contribution is -2.06. The lowest BCUT2D eigenvalue weighted by molar-refractivity contribution is 0.302. The molecular weight excluding hydrogens is 222 g/mol. The number of hydrogen-bond donors (Lipinski definition) is 1. The molecular formula is C13H18ClNO. The monoisotopic (exact) mass is 239 g/mol. The summed E-state index contributed by atoms with van der Waals surface area (Å²) in [5.41, 5.74) is 6.76. The van der Waals surface area contributed by atoms with Gasteiger partial charge in [0.25, 0.3) is 0 Å². The number of rotatable bonds is 5. The summed E-state index contributed by atoms with van der Waals surface area (Å²) in [5, 5.41) is 0.693. The number of hydrogen-bond acceptors (Lipinski definition) is 2. The maximum absolute atomic E-state index is 6.12. The second-order valence-electron chi connectivity index (χ2n) is 4.55. The summed E-state index contributed by atoms with van der Waals surface area (Å²) in [4.78, 5) is 0. The fourth-order valence-electron chi connectivity index (χ4n) is 1.72. The molecule has 2 nitrogen and oxygen atoms in total. The third-order valence-corrected chi connectivity index (χ3v) is 3.28. The molecule has 1 aromatic carbocycles. The highest BCUT2D eigenvalue weighted by atomic mass is 35.5. The molecule has 1 unspecified atom stereocenters. The molecule has 1 aliphatic rings. The number of nitrogens with two attached hydrogens (primary N) is 1. The second kappa shape index (κ2) is 5.07. The third-order valence-electron chi connectivity index (χ3n) is 2.95. The van der Waals surface area contributed by atoms with E-state index in [0.29, 0.717) is 5.02 Å². The van der Waals surface area contributed by atoms with Crippen LogP contribution in [0.2, 0.25) is 5.02 Å². The minimum atomic E-state index is -0.0342. The molecule has 0 aliphatic heterocycles. The maximum Gasteiger partial charge on any atom is 0.120 e. The molecule has 0 aromatic heterocycles. The molecule has 0 amide bonds. The van der Waals surface area contributed by atoms with E-state index in [1.165, 1.54) is 12.8 Å². The Kier molecular flexibility index (Phi) is 3.72. The highest BCUT2D eigenvalue weighted by Crippen LogP contribution is 2.32. The largest absolute Gasteiger partial charge is 0.494 e. The first-order valence-electron chi connectivity index (χ1n) is 5.84. The summed E-state index contributed by atoms with van der Waals surface area (Å²) in [5.74, 6) is 1.74. The van der Waals surface area contributed by atoms with Crippen LogP contribution in [0, 0.1) is 5.92 Å². The molecule has 1 aromatic rings. The van der Waals surface area contributed by atoms with Crippen molar-refractivity contribution in [3.63, 3.8) is 0 Å². The normalized spacial score (nSPS) is 17.2. The van der Waals surface area contributed by atoms with Crippen LogP contribution in [0.4, 0.5) is 0 Å². The summed E-state index contributed by atoms with van der Waals surface area (Å²) in [6, 6.07) is 5.71. The Bertz CT molecular complexity index is 361. The number of ether oxygens (including phenoxy) is 1. The van der Waals surface area contributed by atoms with Crippen LogP contribution in [-0.2, 0) is 0 Å².